The molecule has 0 unspecified atom stereocenters. The van der Waals surface area contributed by atoms with Crippen LogP contribution in [0, 0.1) is 6.92 Å². The third-order valence-corrected chi connectivity index (χ3v) is 3.89. The minimum atomic E-state index is -0.800. The molecule has 7 heteroatoms. The molecular formula is C17H17BrN2O4. The van der Waals surface area contributed by atoms with Gasteiger partial charge >= 0.3 is 11.8 Å². The molecule has 0 aliphatic carbocycles. The van der Waals surface area contributed by atoms with E-state index in [4.69, 9.17) is 9.47 Å². The fourth-order valence-corrected chi connectivity index (χ4v) is 2.57. The van der Waals surface area contributed by atoms with Crippen LogP contribution in [0.15, 0.2) is 40.9 Å². The normalized spacial score (nSPS) is 10.0. The van der Waals surface area contributed by atoms with Crippen LogP contribution >= 0.6 is 15.9 Å². The van der Waals surface area contributed by atoms with Crippen molar-refractivity contribution in [3.05, 3.63) is 46.4 Å². The van der Waals surface area contributed by atoms with E-state index in [0.717, 1.165) is 5.56 Å². The molecule has 24 heavy (non-hydrogen) atoms. The number of ether oxygens (including phenoxy) is 2. The molecule has 2 N–H and O–H groups in total. The van der Waals surface area contributed by atoms with Gasteiger partial charge in [-0.25, -0.2) is 0 Å². The van der Waals surface area contributed by atoms with Crippen LogP contribution in [0.1, 0.15) is 5.56 Å². The molecule has 2 rings (SSSR count). The maximum Gasteiger partial charge on any atom is 0.314 e. The average Bonchev–Trinajstić information content (AvgIpc) is 2.57. The van der Waals surface area contributed by atoms with Gasteiger partial charge in [0, 0.05) is 10.5 Å². The number of hydrogen-bond donors (Lipinski definition) is 2. The Morgan fingerprint density at radius 3 is 2.12 bits per heavy atom. The van der Waals surface area contributed by atoms with Gasteiger partial charge in [-0.05, 0) is 52.7 Å². The van der Waals surface area contributed by atoms with Gasteiger partial charge in [0.05, 0.1) is 25.6 Å². The second-order valence-electron chi connectivity index (χ2n) is 4.96. The number of rotatable bonds is 4. The fourth-order valence-electron chi connectivity index (χ4n) is 1.98. The highest BCUT2D eigenvalue weighted by Gasteiger charge is 2.17. The number of aryl methyl sites for hydroxylation is 1. The molecule has 0 atom stereocenters. The Labute approximate surface area is 148 Å². The molecule has 6 nitrogen and oxygen atoms in total. The number of carbonyl (C=O) groups is 2. The van der Waals surface area contributed by atoms with E-state index in [1.165, 1.54) is 14.2 Å². The van der Waals surface area contributed by atoms with Gasteiger partial charge in [-0.3, -0.25) is 9.59 Å². The summed E-state index contributed by atoms with van der Waals surface area (Å²) in [5.74, 6) is -0.603. The van der Waals surface area contributed by atoms with Crippen molar-refractivity contribution in [1.82, 2.24) is 0 Å². The highest BCUT2D eigenvalue weighted by molar-refractivity contribution is 9.10. The minimum Gasteiger partial charge on any atom is -0.497 e. The van der Waals surface area contributed by atoms with E-state index in [2.05, 4.69) is 26.6 Å². The molecule has 0 aliphatic rings. The molecule has 2 amide bonds. The molecule has 0 saturated heterocycles. The number of nitrogens with one attached hydrogen (secondary N) is 2. The Morgan fingerprint density at radius 2 is 1.54 bits per heavy atom. The molecule has 0 heterocycles. The lowest BCUT2D eigenvalue weighted by atomic mass is 10.2. The van der Waals surface area contributed by atoms with E-state index in [-0.39, 0.29) is 0 Å². The van der Waals surface area contributed by atoms with E-state index in [0.29, 0.717) is 27.3 Å². The quantitative estimate of drug-likeness (QED) is 0.782. The largest absolute Gasteiger partial charge is 0.497 e. The second-order valence-corrected chi connectivity index (χ2v) is 5.81. The molecule has 0 radical (unpaired) electrons. The maximum atomic E-state index is 12.1. The van der Waals surface area contributed by atoms with Crippen LogP contribution in [0.4, 0.5) is 11.4 Å². The summed E-state index contributed by atoms with van der Waals surface area (Å²) < 4.78 is 11.0. The van der Waals surface area contributed by atoms with Crippen molar-refractivity contribution in [2.75, 3.05) is 24.9 Å². The number of benzene rings is 2. The first kappa shape index (κ1) is 17.8. The number of amides is 2. The average molecular weight is 393 g/mol. The number of halogens is 1. The summed E-state index contributed by atoms with van der Waals surface area (Å²) in [6.07, 6.45) is 0. The van der Waals surface area contributed by atoms with Crippen LogP contribution in [-0.4, -0.2) is 26.0 Å². The zero-order valence-electron chi connectivity index (χ0n) is 13.5. The number of carbonyl (C=O) groups excluding carboxylic acids is 2. The van der Waals surface area contributed by atoms with Crippen LogP contribution in [0.3, 0.4) is 0 Å². The molecule has 0 bridgehead atoms. The Kier molecular flexibility index (Phi) is 5.81. The van der Waals surface area contributed by atoms with Crippen molar-refractivity contribution in [2.24, 2.45) is 0 Å². The Morgan fingerprint density at radius 1 is 0.917 bits per heavy atom. The molecule has 0 spiro atoms. The summed E-state index contributed by atoms with van der Waals surface area (Å²) in [6, 6.07) is 10.3. The third-order valence-electron chi connectivity index (χ3n) is 3.24. The Bertz CT molecular complexity index is 777. The fraction of sp³-hybridized carbons (Fsp3) is 0.176. The van der Waals surface area contributed by atoms with Crippen molar-refractivity contribution in [3.8, 4) is 11.5 Å². The van der Waals surface area contributed by atoms with E-state index in [1.807, 2.05) is 19.1 Å². The Hall–Kier alpha value is -2.54. The highest BCUT2D eigenvalue weighted by atomic mass is 79.9. The summed E-state index contributed by atoms with van der Waals surface area (Å²) in [4.78, 5) is 24.2. The zero-order chi connectivity index (χ0) is 17.7. The zero-order valence-corrected chi connectivity index (χ0v) is 15.1. The van der Waals surface area contributed by atoms with Crippen LogP contribution in [0.25, 0.3) is 0 Å². The van der Waals surface area contributed by atoms with E-state index >= 15 is 0 Å². The van der Waals surface area contributed by atoms with Crippen LogP contribution < -0.4 is 20.1 Å². The monoisotopic (exact) mass is 392 g/mol. The molecule has 0 saturated carbocycles. The van der Waals surface area contributed by atoms with Gasteiger partial charge in [-0.15, -0.1) is 0 Å². The van der Waals surface area contributed by atoms with Gasteiger partial charge in [-0.1, -0.05) is 6.07 Å². The molecular weight excluding hydrogens is 376 g/mol. The lowest BCUT2D eigenvalue weighted by Crippen LogP contribution is -2.29. The molecule has 0 aliphatic heterocycles. The van der Waals surface area contributed by atoms with Crippen molar-refractivity contribution >= 4 is 39.1 Å². The molecule has 2 aromatic carbocycles. The summed E-state index contributed by atoms with van der Waals surface area (Å²) >= 11 is 3.35. The lowest BCUT2D eigenvalue weighted by Gasteiger charge is -2.12. The topological polar surface area (TPSA) is 76.7 Å². The third kappa shape index (κ3) is 4.26. The van der Waals surface area contributed by atoms with Gasteiger partial charge in [0.15, 0.2) is 0 Å². The standard InChI is InChI=1S/C17H17BrN2O4/c1-10-4-6-13(12(18)8-10)19-16(21)17(22)20-14-7-5-11(23-2)9-15(14)24-3/h4-9H,1-3H3,(H,19,21)(H,20,22). The van der Waals surface area contributed by atoms with Crippen LogP contribution in [-0.2, 0) is 9.59 Å². The van der Waals surface area contributed by atoms with Crippen molar-refractivity contribution in [3.63, 3.8) is 0 Å². The lowest BCUT2D eigenvalue weighted by molar-refractivity contribution is -0.133. The van der Waals surface area contributed by atoms with E-state index in [9.17, 15) is 9.59 Å². The summed E-state index contributed by atoms with van der Waals surface area (Å²) in [7, 11) is 2.99. The number of hydrogen-bond acceptors (Lipinski definition) is 4. The number of methoxy groups -OCH3 is 2. The van der Waals surface area contributed by atoms with Gasteiger partial charge in [0.2, 0.25) is 0 Å². The maximum absolute atomic E-state index is 12.1. The van der Waals surface area contributed by atoms with E-state index in [1.54, 1.807) is 24.3 Å². The van der Waals surface area contributed by atoms with Crippen molar-refractivity contribution in [1.29, 1.82) is 0 Å². The first-order chi connectivity index (χ1) is 11.4. The minimum absolute atomic E-state index is 0.376. The van der Waals surface area contributed by atoms with E-state index < -0.39 is 11.8 Å². The van der Waals surface area contributed by atoms with Crippen molar-refractivity contribution < 1.29 is 19.1 Å². The van der Waals surface area contributed by atoms with Crippen molar-refractivity contribution in [2.45, 2.75) is 6.92 Å². The first-order valence-corrected chi connectivity index (χ1v) is 7.84. The second kappa shape index (κ2) is 7.83. The highest BCUT2D eigenvalue weighted by Crippen LogP contribution is 2.29. The summed E-state index contributed by atoms with van der Waals surface area (Å²) in [6.45, 7) is 1.93. The van der Waals surface area contributed by atoms with Gasteiger partial charge in [-0.2, -0.15) is 0 Å². The summed E-state index contributed by atoms with van der Waals surface area (Å²) in [5.41, 5.74) is 1.93. The molecule has 0 aromatic heterocycles. The van der Waals surface area contributed by atoms with Crippen LogP contribution in [0.5, 0.6) is 11.5 Å². The molecule has 126 valence electrons. The molecule has 2 aromatic rings. The first-order valence-electron chi connectivity index (χ1n) is 7.05. The summed E-state index contributed by atoms with van der Waals surface area (Å²) in [5, 5.41) is 5.07. The predicted octanol–water partition coefficient (Wildman–Crippen LogP) is 3.35. The number of anilines is 2. The van der Waals surface area contributed by atoms with Gasteiger partial charge < -0.3 is 20.1 Å². The Balaban J connectivity index is 2.10. The van der Waals surface area contributed by atoms with Crippen LogP contribution in [0.2, 0.25) is 0 Å². The van der Waals surface area contributed by atoms with Gasteiger partial charge in [0.25, 0.3) is 0 Å². The predicted molar refractivity (Wildman–Crippen MR) is 95.7 cm³/mol. The smallest absolute Gasteiger partial charge is 0.314 e. The molecule has 0 fully saturated rings. The SMILES string of the molecule is COc1ccc(NC(=O)C(=O)Nc2ccc(C)cc2Br)c(OC)c1. The van der Waals surface area contributed by atoms with Gasteiger partial charge in [0.1, 0.15) is 11.5 Å².